The number of carbonyl (C=O) groups excluding carboxylic acids is 1. The lowest BCUT2D eigenvalue weighted by Gasteiger charge is -2.39. The molecule has 1 fully saturated rings. The summed E-state index contributed by atoms with van der Waals surface area (Å²) in [5.41, 5.74) is 2.14. The maximum absolute atomic E-state index is 12.3. The Labute approximate surface area is 188 Å². The van der Waals surface area contributed by atoms with Gasteiger partial charge in [-0.1, -0.05) is 30.3 Å². The Kier molecular flexibility index (Phi) is 7.30. The Morgan fingerprint density at radius 3 is 2.41 bits per heavy atom. The quantitative estimate of drug-likeness (QED) is 0.575. The summed E-state index contributed by atoms with van der Waals surface area (Å²) in [6, 6.07) is 21.6. The smallest absolute Gasteiger partial charge is 0.407 e. The highest BCUT2D eigenvalue weighted by Gasteiger charge is 2.27. The van der Waals surface area contributed by atoms with Crippen LogP contribution in [0.15, 0.2) is 77.4 Å². The molecule has 32 heavy (non-hydrogen) atoms. The number of furan rings is 1. The highest BCUT2D eigenvalue weighted by Crippen LogP contribution is 2.25. The summed E-state index contributed by atoms with van der Waals surface area (Å²) < 4.78 is 16.3. The number of amides is 1. The second-order valence-electron chi connectivity index (χ2n) is 7.69. The minimum atomic E-state index is -0.428. The fraction of sp³-hybridized carbons (Fsp3) is 0.320. The van der Waals surface area contributed by atoms with Gasteiger partial charge < -0.3 is 24.1 Å². The number of hydrogen-bond acceptors (Lipinski definition) is 6. The maximum atomic E-state index is 12.3. The number of hydrogen-bond donors (Lipinski definition) is 1. The van der Waals surface area contributed by atoms with Crippen LogP contribution >= 0.6 is 0 Å². The monoisotopic (exact) mass is 435 g/mol. The van der Waals surface area contributed by atoms with Gasteiger partial charge in [0.2, 0.25) is 0 Å². The van der Waals surface area contributed by atoms with Crippen molar-refractivity contribution in [2.24, 2.45) is 0 Å². The predicted molar refractivity (Wildman–Crippen MR) is 123 cm³/mol. The fourth-order valence-corrected chi connectivity index (χ4v) is 3.93. The molecule has 0 aliphatic carbocycles. The van der Waals surface area contributed by atoms with E-state index in [0.717, 1.165) is 43.3 Å². The molecule has 1 amide bonds. The van der Waals surface area contributed by atoms with Crippen LogP contribution in [-0.4, -0.2) is 50.8 Å². The van der Waals surface area contributed by atoms with E-state index in [1.165, 1.54) is 5.69 Å². The number of nitrogens with one attached hydrogen (secondary N) is 1. The van der Waals surface area contributed by atoms with Gasteiger partial charge in [-0.15, -0.1) is 0 Å². The SMILES string of the molecule is COc1ccc(N2CCN([C@@H](CNC(=O)OCc3ccccc3)c3ccco3)CC2)cc1. The number of carbonyl (C=O) groups is 1. The lowest BCUT2D eigenvalue weighted by atomic mass is 10.1. The van der Waals surface area contributed by atoms with E-state index in [1.54, 1.807) is 13.4 Å². The van der Waals surface area contributed by atoms with Crippen molar-refractivity contribution in [2.75, 3.05) is 44.7 Å². The van der Waals surface area contributed by atoms with Gasteiger partial charge in [0.1, 0.15) is 18.1 Å². The average molecular weight is 436 g/mol. The fourth-order valence-electron chi connectivity index (χ4n) is 3.93. The Balaban J connectivity index is 1.31. The standard InChI is InChI=1S/C25H29N3O4/c1-30-22-11-9-21(10-12-22)27-13-15-28(16-14-27)23(24-8-5-17-31-24)18-26-25(29)32-19-20-6-3-2-4-7-20/h2-12,17,23H,13-16,18-19H2,1H3,(H,26,29)/t23-/m0/s1. The molecule has 7 heteroatoms. The number of ether oxygens (including phenoxy) is 2. The van der Waals surface area contributed by atoms with Crippen molar-refractivity contribution in [3.05, 3.63) is 84.3 Å². The number of piperazine rings is 1. The molecule has 0 saturated carbocycles. The van der Waals surface area contributed by atoms with E-state index in [2.05, 4.69) is 27.2 Å². The zero-order valence-corrected chi connectivity index (χ0v) is 18.3. The molecule has 168 valence electrons. The summed E-state index contributed by atoms with van der Waals surface area (Å²) in [6.45, 7) is 4.17. The van der Waals surface area contributed by atoms with Crippen molar-refractivity contribution in [3.8, 4) is 5.75 Å². The minimum Gasteiger partial charge on any atom is -0.497 e. The molecule has 0 unspecified atom stereocenters. The largest absolute Gasteiger partial charge is 0.497 e. The van der Waals surface area contributed by atoms with E-state index in [0.29, 0.717) is 6.54 Å². The lowest BCUT2D eigenvalue weighted by molar-refractivity contribution is 0.126. The molecule has 0 spiro atoms. The summed E-state index contributed by atoms with van der Waals surface area (Å²) in [7, 11) is 1.67. The molecule has 0 bridgehead atoms. The molecule has 0 radical (unpaired) electrons. The molecule has 1 aliphatic rings. The lowest BCUT2D eigenvalue weighted by Crippen LogP contribution is -2.49. The highest BCUT2D eigenvalue weighted by molar-refractivity contribution is 5.67. The number of methoxy groups -OCH3 is 1. The van der Waals surface area contributed by atoms with Gasteiger partial charge >= 0.3 is 6.09 Å². The van der Waals surface area contributed by atoms with Crippen LogP contribution in [0.3, 0.4) is 0 Å². The molecular formula is C25H29N3O4. The van der Waals surface area contributed by atoms with E-state index >= 15 is 0 Å². The van der Waals surface area contributed by atoms with Crippen LogP contribution in [0.2, 0.25) is 0 Å². The number of alkyl carbamates (subject to hydrolysis) is 1. The first-order chi connectivity index (χ1) is 15.7. The van der Waals surface area contributed by atoms with Crippen molar-refractivity contribution < 1.29 is 18.7 Å². The van der Waals surface area contributed by atoms with Crippen LogP contribution < -0.4 is 15.0 Å². The minimum absolute atomic E-state index is 0.0488. The van der Waals surface area contributed by atoms with Crippen molar-refractivity contribution in [1.82, 2.24) is 10.2 Å². The third-order valence-corrected chi connectivity index (χ3v) is 5.72. The van der Waals surface area contributed by atoms with Crippen molar-refractivity contribution in [1.29, 1.82) is 0 Å². The second-order valence-corrected chi connectivity index (χ2v) is 7.69. The van der Waals surface area contributed by atoms with Crippen LogP contribution in [0.1, 0.15) is 17.4 Å². The number of rotatable bonds is 8. The summed E-state index contributed by atoms with van der Waals surface area (Å²) in [4.78, 5) is 17.0. The number of benzene rings is 2. The first-order valence-electron chi connectivity index (χ1n) is 10.8. The van der Waals surface area contributed by atoms with E-state index in [1.807, 2.05) is 54.6 Å². The Morgan fingerprint density at radius 2 is 1.75 bits per heavy atom. The van der Waals surface area contributed by atoms with Crippen LogP contribution in [0.5, 0.6) is 5.75 Å². The second kappa shape index (κ2) is 10.7. The van der Waals surface area contributed by atoms with Crippen molar-refractivity contribution >= 4 is 11.8 Å². The van der Waals surface area contributed by atoms with E-state index < -0.39 is 6.09 Å². The summed E-state index contributed by atoms with van der Waals surface area (Å²) in [6.07, 6.45) is 1.24. The van der Waals surface area contributed by atoms with Gasteiger partial charge in [0.25, 0.3) is 0 Å². The molecular weight excluding hydrogens is 406 g/mol. The van der Waals surface area contributed by atoms with Crippen LogP contribution in [-0.2, 0) is 11.3 Å². The molecule has 3 aromatic rings. The third-order valence-electron chi connectivity index (χ3n) is 5.72. The average Bonchev–Trinajstić information content (AvgIpc) is 3.39. The Morgan fingerprint density at radius 1 is 1.00 bits per heavy atom. The number of nitrogens with zero attached hydrogens (tertiary/aromatic N) is 2. The molecule has 2 heterocycles. The van der Waals surface area contributed by atoms with E-state index in [9.17, 15) is 4.79 Å². The van der Waals surface area contributed by atoms with Gasteiger partial charge in [-0.2, -0.15) is 0 Å². The topological polar surface area (TPSA) is 67.2 Å². The highest BCUT2D eigenvalue weighted by atomic mass is 16.5. The van der Waals surface area contributed by atoms with Gasteiger partial charge in [0.05, 0.1) is 19.4 Å². The van der Waals surface area contributed by atoms with Gasteiger partial charge in [0.15, 0.2) is 0 Å². The zero-order chi connectivity index (χ0) is 22.2. The molecule has 1 aliphatic heterocycles. The summed E-state index contributed by atoms with van der Waals surface area (Å²) >= 11 is 0. The molecule has 1 saturated heterocycles. The zero-order valence-electron chi connectivity index (χ0n) is 18.3. The van der Waals surface area contributed by atoms with Crippen LogP contribution in [0.4, 0.5) is 10.5 Å². The van der Waals surface area contributed by atoms with Gasteiger partial charge in [-0.3, -0.25) is 4.90 Å². The number of anilines is 1. The summed E-state index contributed by atoms with van der Waals surface area (Å²) in [5.74, 6) is 1.70. The molecule has 7 nitrogen and oxygen atoms in total. The predicted octanol–water partition coefficient (Wildman–Crippen LogP) is 4.08. The van der Waals surface area contributed by atoms with E-state index in [-0.39, 0.29) is 12.6 Å². The molecule has 2 aromatic carbocycles. The third kappa shape index (κ3) is 5.62. The van der Waals surface area contributed by atoms with Gasteiger partial charge in [-0.05, 0) is 42.0 Å². The van der Waals surface area contributed by atoms with Crippen molar-refractivity contribution in [2.45, 2.75) is 12.6 Å². The van der Waals surface area contributed by atoms with Crippen LogP contribution in [0.25, 0.3) is 0 Å². The normalized spacial score (nSPS) is 15.2. The Hall–Kier alpha value is -3.45. The maximum Gasteiger partial charge on any atom is 0.407 e. The molecule has 1 aromatic heterocycles. The molecule has 4 rings (SSSR count). The van der Waals surface area contributed by atoms with Crippen LogP contribution in [0, 0.1) is 0 Å². The summed E-state index contributed by atoms with van der Waals surface area (Å²) in [5, 5.41) is 2.90. The van der Waals surface area contributed by atoms with Gasteiger partial charge in [0, 0.05) is 38.4 Å². The van der Waals surface area contributed by atoms with Gasteiger partial charge in [-0.25, -0.2) is 4.79 Å². The first-order valence-corrected chi connectivity index (χ1v) is 10.8. The molecule has 1 atom stereocenters. The first kappa shape index (κ1) is 21.8. The Bertz CT molecular complexity index is 953. The molecule has 1 N–H and O–H groups in total. The van der Waals surface area contributed by atoms with E-state index in [4.69, 9.17) is 13.9 Å². The van der Waals surface area contributed by atoms with Crippen molar-refractivity contribution in [3.63, 3.8) is 0 Å².